The minimum absolute atomic E-state index is 0.127. The topological polar surface area (TPSA) is 52.9 Å². The van der Waals surface area contributed by atoms with Crippen molar-refractivity contribution in [1.82, 2.24) is 0 Å². The molecule has 1 aromatic rings. The zero-order valence-corrected chi connectivity index (χ0v) is 7.82. The molecule has 0 heterocycles. The molecule has 4 nitrogen and oxygen atoms in total. The number of halogens is 1. The van der Waals surface area contributed by atoms with Gasteiger partial charge in [0.25, 0.3) is 0 Å². The van der Waals surface area contributed by atoms with Gasteiger partial charge in [0.15, 0.2) is 0 Å². The van der Waals surface area contributed by atoms with Crippen molar-refractivity contribution in [2.24, 2.45) is 0 Å². The summed E-state index contributed by atoms with van der Waals surface area (Å²) in [6.45, 7) is -0.127. The van der Waals surface area contributed by atoms with Crippen LogP contribution in [0.3, 0.4) is 0 Å². The quantitative estimate of drug-likeness (QED) is 0.733. The summed E-state index contributed by atoms with van der Waals surface area (Å²) in [4.78, 5) is 4.53. The van der Waals surface area contributed by atoms with E-state index in [0.29, 0.717) is 21.5 Å². The fourth-order valence-electron chi connectivity index (χ4n) is 0.889. The summed E-state index contributed by atoms with van der Waals surface area (Å²) in [7, 11) is 1.33. The largest absolute Gasteiger partial charge is 0.392 e. The Kier molecular flexibility index (Phi) is 3.50. The first kappa shape index (κ1) is 10.3. The maximum atomic E-state index is 9.11. The monoisotopic (exact) mass is 203 g/mol. The molecule has 0 aliphatic heterocycles. The van der Waals surface area contributed by atoms with E-state index in [1.807, 2.05) is 0 Å². The first-order chi connectivity index (χ1) is 6.19. The van der Waals surface area contributed by atoms with Gasteiger partial charge >= 0.3 is 0 Å². The second-order valence-electron chi connectivity index (χ2n) is 2.39. The van der Waals surface area contributed by atoms with E-state index in [0.717, 1.165) is 0 Å². The second-order valence-corrected chi connectivity index (χ2v) is 2.80. The summed E-state index contributed by atoms with van der Waals surface area (Å²) in [5.74, 6) is 0. The van der Waals surface area contributed by atoms with Gasteiger partial charge in [-0.15, -0.1) is 5.23 Å². The van der Waals surface area contributed by atoms with Crippen molar-refractivity contribution < 1.29 is 15.2 Å². The van der Waals surface area contributed by atoms with Crippen LogP contribution >= 0.6 is 11.6 Å². The summed E-state index contributed by atoms with van der Waals surface area (Å²) in [6.07, 6.45) is 0. The predicted octanol–water partition coefficient (Wildman–Crippen LogP) is 1.59. The molecule has 0 atom stereocenters. The molecule has 0 aromatic heterocycles. The molecular weight excluding hydrogens is 194 g/mol. The van der Waals surface area contributed by atoms with Crippen molar-refractivity contribution >= 4 is 17.3 Å². The van der Waals surface area contributed by atoms with Crippen LogP contribution in [0.1, 0.15) is 5.56 Å². The lowest BCUT2D eigenvalue weighted by Gasteiger charge is -2.13. The molecule has 0 unspecified atom stereocenters. The Bertz CT molecular complexity index is 293. The fourth-order valence-corrected chi connectivity index (χ4v) is 1.12. The predicted molar refractivity (Wildman–Crippen MR) is 48.6 cm³/mol. The maximum Gasteiger partial charge on any atom is 0.0959 e. The Morgan fingerprint density at radius 2 is 2.23 bits per heavy atom. The molecule has 0 saturated heterocycles. The Hall–Kier alpha value is -0.810. The molecule has 0 fully saturated rings. The Balaban J connectivity index is 2.95. The summed E-state index contributed by atoms with van der Waals surface area (Å²) in [5, 5.41) is 18.9. The number of aliphatic hydroxyl groups is 1. The van der Waals surface area contributed by atoms with Gasteiger partial charge in [-0.25, -0.2) is 0 Å². The highest BCUT2D eigenvalue weighted by molar-refractivity contribution is 6.31. The van der Waals surface area contributed by atoms with E-state index in [9.17, 15) is 0 Å². The van der Waals surface area contributed by atoms with Crippen molar-refractivity contribution in [3.63, 3.8) is 0 Å². The third kappa shape index (κ3) is 2.32. The molecule has 0 saturated carbocycles. The average Bonchev–Trinajstić information content (AvgIpc) is 2.16. The van der Waals surface area contributed by atoms with Crippen molar-refractivity contribution in [2.75, 3.05) is 12.3 Å². The number of anilines is 1. The van der Waals surface area contributed by atoms with E-state index in [4.69, 9.17) is 21.9 Å². The Morgan fingerprint density at radius 3 is 2.69 bits per heavy atom. The highest BCUT2D eigenvalue weighted by Gasteiger charge is 2.05. The van der Waals surface area contributed by atoms with E-state index in [-0.39, 0.29) is 6.61 Å². The molecule has 0 bridgehead atoms. The first-order valence-corrected chi connectivity index (χ1v) is 3.99. The van der Waals surface area contributed by atoms with Gasteiger partial charge in [0.2, 0.25) is 0 Å². The fraction of sp³-hybridized carbons (Fsp3) is 0.250. The lowest BCUT2D eigenvalue weighted by molar-refractivity contribution is -0.0109. The molecule has 0 spiro atoms. The Labute approximate surface area is 80.8 Å². The van der Waals surface area contributed by atoms with Gasteiger partial charge in [0.05, 0.1) is 19.4 Å². The third-order valence-corrected chi connectivity index (χ3v) is 1.95. The summed E-state index contributed by atoms with van der Waals surface area (Å²) in [5.41, 5.74) is 1.01. The molecule has 0 amide bonds. The minimum atomic E-state index is -0.127. The van der Waals surface area contributed by atoms with E-state index < -0.39 is 0 Å². The van der Waals surface area contributed by atoms with Crippen LogP contribution in [0.4, 0.5) is 5.69 Å². The van der Waals surface area contributed by atoms with Crippen LogP contribution in [0, 0.1) is 0 Å². The molecule has 0 radical (unpaired) electrons. The van der Waals surface area contributed by atoms with Gasteiger partial charge < -0.3 is 5.11 Å². The molecule has 5 heteroatoms. The second kappa shape index (κ2) is 4.43. The van der Waals surface area contributed by atoms with Crippen LogP contribution in [0.5, 0.6) is 0 Å². The van der Waals surface area contributed by atoms with Crippen molar-refractivity contribution in [3.05, 3.63) is 28.8 Å². The summed E-state index contributed by atoms with van der Waals surface area (Å²) >= 11 is 5.78. The zero-order chi connectivity index (χ0) is 9.84. The zero-order valence-electron chi connectivity index (χ0n) is 7.07. The van der Waals surface area contributed by atoms with Crippen molar-refractivity contribution in [2.45, 2.75) is 6.61 Å². The number of nitrogens with zero attached hydrogens (tertiary/aromatic N) is 1. The molecule has 0 aliphatic rings. The maximum absolute atomic E-state index is 9.11. The van der Waals surface area contributed by atoms with Crippen LogP contribution in [0.15, 0.2) is 18.2 Å². The van der Waals surface area contributed by atoms with Crippen LogP contribution in [0.2, 0.25) is 5.02 Å². The molecule has 2 N–H and O–H groups in total. The molecule has 0 aliphatic carbocycles. The van der Waals surface area contributed by atoms with Crippen molar-refractivity contribution in [3.8, 4) is 0 Å². The summed E-state index contributed by atoms with van der Waals surface area (Å²) < 4.78 is 0. The lowest BCUT2D eigenvalue weighted by Crippen LogP contribution is -2.15. The van der Waals surface area contributed by atoms with Gasteiger partial charge in [-0.05, 0) is 17.7 Å². The van der Waals surface area contributed by atoms with Crippen molar-refractivity contribution in [1.29, 1.82) is 0 Å². The molecule has 72 valence electrons. The number of benzene rings is 1. The standard InChI is InChI=1S/C8H10ClNO3/c1-13-10(12)7-3-2-6(5-11)8(9)4-7/h2-4,11-12H,5H2,1H3. The molecule has 1 rings (SSSR count). The number of rotatable bonds is 3. The Morgan fingerprint density at radius 1 is 1.54 bits per heavy atom. The number of hydrogen-bond donors (Lipinski definition) is 2. The van der Waals surface area contributed by atoms with Gasteiger partial charge in [-0.2, -0.15) is 0 Å². The van der Waals surface area contributed by atoms with Crippen LogP contribution in [-0.2, 0) is 11.4 Å². The third-order valence-electron chi connectivity index (χ3n) is 1.60. The van der Waals surface area contributed by atoms with E-state index in [2.05, 4.69) is 4.84 Å². The van der Waals surface area contributed by atoms with Crippen LogP contribution < -0.4 is 5.23 Å². The normalized spacial score (nSPS) is 10.2. The van der Waals surface area contributed by atoms with E-state index in [1.54, 1.807) is 12.1 Å². The molecular formula is C8H10ClNO3. The molecule has 13 heavy (non-hydrogen) atoms. The lowest BCUT2D eigenvalue weighted by atomic mass is 10.2. The smallest absolute Gasteiger partial charge is 0.0959 e. The SMILES string of the molecule is CON(O)c1ccc(CO)c(Cl)c1. The van der Waals surface area contributed by atoms with Gasteiger partial charge in [-0.3, -0.25) is 10.0 Å². The first-order valence-electron chi connectivity index (χ1n) is 3.61. The number of aliphatic hydroxyl groups excluding tert-OH is 1. The van der Waals surface area contributed by atoms with Crippen LogP contribution in [0.25, 0.3) is 0 Å². The van der Waals surface area contributed by atoms with E-state index >= 15 is 0 Å². The highest BCUT2D eigenvalue weighted by atomic mass is 35.5. The van der Waals surface area contributed by atoms with E-state index in [1.165, 1.54) is 13.2 Å². The van der Waals surface area contributed by atoms with Gasteiger partial charge in [0, 0.05) is 5.02 Å². The van der Waals surface area contributed by atoms with Gasteiger partial charge in [-0.1, -0.05) is 17.7 Å². The van der Waals surface area contributed by atoms with Crippen LogP contribution in [-0.4, -0.2) is 17.4 Å². The molecule has 1 aromatic carbocycles. The number of hydrogen-bond acceptors (Lipinski definition) is 4. The average molecular weight is 204 g/mol. The summed E-state index contributed by atoms with van der Waals surface area (Å²) in [6, 6.07) is 4.69. The highest BCUT2D eigenvalue weighted by Crippen LogP contribution is 2.22. The minimum Gasteiger partial charge on any atom is -0.392 e. The van der Waals surface area contributed by atoms with Gasteiger partial charge in [0.1, 0.15) is 0 Å².